The van der Waals surface area contributed by atoms with Crippen LogP contribution in [0.1, 0.15) is 27.2 Å². The number of amides is 1. The summed E-state index contributed by atoms with van der Waals surface area (Å²) in [7, 11) is 2.04. The Bertz CT molecular complexity index is 211. The van der Waals surface area contributed by atoms with Gasteiger partial charge in [-0.25, -0.2) is 4.79 Å². The molecule has 4 nitrogen and oxygen atoms in total. The van der Waals surface area contributed by atoms with Gasteiger partial charge in [-0.3, -0.25) is 0 Å². The van der Waals surface area contributed by atoms with E-state index in [1.807, 2.05) is 27.8 Å². The number of likely N-dealkylation sites (tertiary alicyclic amines) is 1. The molecule has 4 heteroatoms. The van der Waals surface area contributed by atoms with E-state index in [2.05, 4.69) is 5.32 Å². The molecular weight excluding hydrogens is 180 g/mol. The Morgan fingerprint density at radius 1 is 1.50 bits per heavy atom. The Morgan fingerprint density at radius 2 is 2.14 bits per heavy atom. The topological polar surface area (TPSA) is 46.2 Å². The first kappa shape index (κ1) is 11.3. The number of likely N-dealkylation sites (N-methyl/N-ethyl adjacent to an activating group) is 1. The summed E-state index contributed by atoms with van der Waals surface area (Å²) in [5, 5.41) is 2.16. The van der Waals surface area contributed by atoms with Gasteiger partial charge in [-0.15, -0.1) is 0 Å². The molecule has 14 heavy (non-hydrogen) atoms. The first-order chi connectivity index (χ1) is 6.42. The van der Waals surface area contributed by atoms with E-state index in [1.165, 1.54) is 0 Å². The van der Waals surface area contributed by atoms with Crippen molar-refractivity contribution < 1.29 is 14.8 Å². The third-order valence-electron chi connectivity index (χ3n) is 2.35. The number of nitrogens with two attached hydrogens (primary N) is 1. The first-order valence-corrected chi connectivity index (χ1v) is 5.20. The standard InChI is InChI=1S/C10H20N2O2/c1-10(2,3)14-9(13)12-6-5-8(7-12)11-4/h8,11H,5-7H2,1-4H3/p+1/t8-/m0/s1. The number of hydrogen-bond donors (Lipinski definition) is 1. The van der Waals surface area contributed by atoms with Gasteiger partial charge in [-0.2, -0.15) is 0 Å². The van der Waals surface area contributed by atoms with Crippen LogP contribution in [0.5, 0.6) is 0 Å². The van der Waals surface area contributed by atoms with Gasteiger partial charge in [0, 0.05) is 13.0 Å². The van der Waals surface area contributed by atoms with Crippen molar-refractivity contribution in [1.29, 1.82) is 0 Å². The van der Waals surface area contributed by atoms with Crippen LogP contribution in [0.15, 0.2) is 0 Å². The summed E-state index contributed by atoms with van der Waals surface area (Å²) in [4.78, 5) is 13.4. The molecule has 0 unspecified atom stereocenters. The van der Waals surface area contributed by atoms with E-state index in [0.717, 1.165) is 19.5 Å². The van der Waals surface area contributed by atoms with Crippen molar-refractivity contribution in [1.82, 2.24) is 4.90 Å². The van der Waals surface area contributed by atoms with Gasteiger partial charge in [0.05, 0.1) is 13.6 Å². The van der Waals surface area contributed by atoms with Crippen LogP contribution >= 0.6 is 0 Å². The highest BCUT2D eigenvalue weighted by molar-refractivity contribution is 5.68. The molecule has 1 aliphatic heterocycles. The molecule has 0 aliphatic carbocycles. The lowest BCUT2D eigenvalue weighted by Gasteiger charge is -2.23. The van der Waals surface area contributed by atoms with E-state index in [1.54, 1.807) is 4.90 Å². The van der Waals surface area contributed by atoms with Crippen molar-refractivity contribution in [2.75, 3.05) is 20.1 Å². The molecule has 1 fully saturated rings. The van der Waals surface area contributed by atoms with E-state index >= 15 is 0 Å². The molecule has 0 saturated carbocycles. The Hall–Kier alpha value is -0.770. The van der Waals surface area contributed by atoms with Crippen molar-refractivity contribution in [3.05, 3.63) is 0 Å². The zero-order valence-electron chi connectivity index (χ0n) is 9.54. The first-order valence-electron chi connectivity index (χ1n) is 5.20. The molecule has 0 bridgehead atoms. The number of carbonyl (C=O) groups excluding carboxylic acids is 1. The lowest BCUT2D eigenvalue weighted by Crippen LogP contribution is -2.86. The molecule has 2 N–H and O–H groups in total. The van der Waals surface area contributed by atoms with Crippen LogP contribution in [0.25, 0.3) is 0 Å². The number of ether oxygens (including phenoxy) is 1. The quantitative estimate of drug-likeness (QED) is 0.658. The third kappa shape index (κ3) is 3.18. The van der Waals surface area contributed by atoms with Crippen LogP contribution in [-0.4, -0.2) is 42.8 Å². The van der Waals surface area contributed by atoms with Crippen LogP contribution in [-0.2, 0) is 4.74 Å². The van der Waals surface area contributed by atoms with Gasteiger partial charge in [0.1, 0.15) is 11.6 Å². The second kappa shape index (κ2) is 4.17. The fraction of sp³-hybridized carbons (Fsp3) is 0.900. The second-order valence-electron chi connectivity index (χ2n) is 4.81. The molecule has 1 aliphatic rings. The van der Waals surface area contributed by atoms with E-state index in [4.69, 9.17) is 4.74 Å². The van der Waals surface area contributed by atoms with Gasteiger partial charge in [0.2, 0.25) is 0 Å². The van der Waals surface area contributed by atoms with Gasteiger partial charge >= 0.3 is 6.09 Å². The molecule has 1 heterocycles. The average molecular weight is 201 g/mol. The number of nitrogens with zero attached hydrogens (tertiary/aromatic N) is 1. The smallest absolute Gasteiger partial charge is 0.410 e. The number of carbonyl (C=O) groups is 1. The summed E-state index contributed by atoms with van der Waals surface area (Å²) < 4.78 is 5.29. The summed E-state index contributed by atoms with van der Waals surface area (Å²) in [5.74, 6) is 0. The SMILES string of the molecule is C[NH2+][C@H]1CCN(C(=O)OC(C)(C)C)C1. The highest BCUT2D eigenvalue weighted by Gasteiger charge is 2.30. The fourth-order valence-electron chi connectivity index (χ4n) is 1.55. The van der Waals surface area contributed by atoms with Crippen LogP contribution in [0.4, 0.5) is 4.79 Å². The second-order valence-corrected chi connectivity index (χ2v) is 4.81. The van der Waals surface area contributed by atoms with E-state index in [0.29, 0.717) is 6.04 Å². The highest BCUT2D eigenvalue weighted by Crippen LogP contribution is 2.13. The zero-order chi connectivity index (χ0) is 10.8. The summed E-state index contributed by atoms with van der Waals surface area (Å²) in [6.07, 6.45) is 0.886. The predicted octanol–water partition coefficient (Wildman–Crippen LogP) is 0.189. The minimum atomic E-state index is -0.384. The third-order valence-corrected chi connectivity index (χ3v) is 2.35. The van der Waals surface area contributed by atoms with Gasteiger partial charge in [-0.1, -0.05) is 0 Å². The predicted molar refractivity (Wildman–Crippen MR) is 54.1 cm³/mol. The number of hydrogen-bond acceptors (Lipinski definition) is 2. The van der Waals surface area contributed by atoms with E-state index in [-0.39, 0.29) is 11.7 Å². The minimum absolute atomic E-state index is 0.179. The molecule has 0 aromatic carbocycles. The van der Waals surface area contributed by atoms with Gasteiger partial charge in [0.25, 0.3) is 0 Å². The van der Waals surface area contributed by atoms with Crippen LogP contribution in [0, 0.1) is 0 Å². The largest absolute Gasteiger partial charge is 0.444 e. The van der Waals surface area contributed by atoms with Crippen molar-refractivity contribution >= 4 is 6.09 Å². The molecule has 0 aromatic heterocycles. The summed E-state index contributed by atoms with van der Waals surface area (Å²) in [6.45, 7) is 7.31. The minimum Gasteiger partial charge on any atom is -0.444 e. The molecule has 1 amide bonds. The van der Waals surface area contributed by atoms with Crippen molar-refractivity contribution in [3.63, 3.8) is 0 Å². The van der Waals surface area contributed by atoms with Gasteiger partial charge in [-0.05, 0) is 20.8 Å². The Balaban J connectivity index is 2.40. The van der Waals surface area contributed by atoms with Gasteiger partial charge < -0.3 is 15.0 Å². The molecule has 0 aromatic rings. The van der Waals surface area contributed by atoms with E-state index in [9.17, 15) is 4.79 Å². The maximum absolute atomic E-state index is 11.6. The molecule has 1 rings (SSSR count). The lowest BCUT2D eigenvalue weighted by atomic mass is 10.2. The molecule has 82 valence electrons. The maximum Gasteiger partial charge on any atom is 0.410 e. The van der Waals surface area contributed by atoms with Crippen molar-refractivity contribution in [2.45, 2.75) is 38.8 Å². The fourth-order valence-corrected chi connectivity index (χ4v) is 1.55. The Kier molecular flexibility index (Phi) is 3.37. The zero-order valence-corrected chi connectivity index (χ0v) is 9.54. The van der Waals surface area contributed by atoms with Crippen molar-refractivity contribution in [3.8, 4) is 0 Å². The normalized spacial score (nSPS) is 22.6. The monoisotopic (exact) mass is 201 g/mol. The number of rotatable bonds is 1. The summed E-state index contributed by atoms with van der Waals surface area (Å²) in [6, 6.07) is 0.544. The van der Waals surface area contributed by atoms with Crippen LogP contribution < -0.4 is 5.32 Å². The average Bonchev–Trinajstić information content (AvgIpc) is 2.48. The van der Waals surface area contributed by atoms with E-state index < -0.39 is 0 Å². The highest BCUT2D eigenvalue weighted by atomic mass is 16.6. The molecule has 0 radical (unpaired) electrons. The molecule has 1 saturated heterocycles. The summed E-state index contributed by atoms with van der Waals surface area (Å²) >= 11 is 0. The van der Waals surface area contributed by atoms with Gasteiger partial charge in [0.15, 0.2) is 0 Å². The number of quaternary nitrogens is 1. The summed E-state index contributed by atoms with van der Waals surface area (Å²) in [5.41, 5.74) is -0.384. The Morgan fingerprint density at radius 3 is 2.57 bits per heavy atom. The van der Waals surface area contributed by atoms with Crippen LogP contribution in [0.3, 0.4) is 0 Å². The molecule has 0 spiro atoms. The Labute approximate surface area is 85.6 Å². The maximum atomic E-state index is 11.6. The molecule has 1 atom stereocenters. The van der Waals surface area contributed by atoms with Crippen LogP contribution in [0.2, 0.25) is 0 Å². The lowest BCUT2D eigenvalue weighted by molar-refractivity contribution is -0.659. The van der Waals surface area contributed by atoms with Crippen molar-refractivity contribution in [2.24, 2.45) is 0 Å². The molecular formula is C10H21N2O2+.